The van der Waals surface area contributed by atoms with Crippen molar-refractivity contribution in [1.82, 2.24) is 14.8 Å². The summed E-state index contributed by atoms with van der Waals surface area (Å²) in [5.41, 5.74) is 3.86. The lowest BCUT2D eigenvalue weighted by molar-refractivity contribution is -0.128. The predicted octanol–water partition coefficient (Wildman–Crippen LogP) is 4.22. The van der Waals surface area contributed by atoms with Crippen LogP contribution in [0.15, 0.2) is 18.2 Å². The molecule has 6 heteroatoms. The molecule has 2 heterocycles. The van der Waals surface area contributed by atoms with Crippen molar-refractivity contribution in [3.05, 3.63) is 34.3 Å². The van der Waals surface area contributed by atoms with Crippen LogP contribution < -0.4 is 0 Å². The van der Waals surface area contributed by atoms with E-state index in [1.807, 2.05) is 30.9 Å². The summed E-state index contributed by atoms with van der Waals surface area (Å²) in [7, 11) is 3.53. The Morgan fingerprint density at radius 3 is 2.56 bits per heavy atom. The minimum absolute atomic E-state index is 0.00573. The van der Waals surface area contributed by atoms with E-state index in [2.05, 4.69) is 13.0 Å². The molecule has 146 valence electrons. The maximum atomic E-state index is 12.3. The fraction of sp³-hybridized carbons (Fsp3) is 0.476. The normalized spacial score (nSPS) is 13.7. The fourth-order valence-electron chi connectivity index (χ4n) is 3.05. The van der Waals surface area contributed by atoms with Gasteiger partial charge in [-0.05, 0) is 30.5 Å². The van der Waals surface area contributed by atoms with E-state index in [-0.39, 0.29) is 11.8 Å². The summed E-state index contributed by atoms with van der Waals surface area (Å²) >= 11 is 1.60. The Morgan fingerprint density at radius 2 is 1.96 bits per heavy atom. The largest absolute Gasteiger partial charge is 0.345 e. The predicted molar refractivity (Wildman–Crippen MR) is 113 cm³/mol. The lowest BCUT2D eigenvalue weighted by atomic mass is 10.1. The molecular formula is C21H29N3O2S. The van der Waals surface area contributed by atoms with Crippen molar-refractivity contribution < 1.29 is 9.59 Å². The molecule has 2 amide bonds. The number of aromatic nitrogens is 1. The highest BCUT2D eigenvalue weighted by Crippen LogP contribution is 2.32. The van der Waals surface area contributed by atoms with Crippen LogP contribution in [-0.2, 0) is 11.2 Å². The Labute approximate surface area is 165 Å². The maximum absolute atomic E-state index is 12.3. The molecule has 0 saturated carbocycles. The van der Waals surface area contributed by atoms with Crippen molar-refractivity contribution in [3.63, 3.8) is 0 Å². The third-order valence-corrected chi connectivity index (χ3v) is 5.56. The summed E-state index contributed by atoms with van der Waals surface area (Å²) in [6.07, 6.45) is 3.86. The molecule has 0 spiro atoms. The highest BCUT2D eigenvalue weighted by molar-refractivity contribution is 7.19. The Morgan fingerprint density at radius 1 is 1.26 bits per heavy atom. The first-order valence-electron chi connectivity index (χ1n) is 9.50. The number of hydrogen-bond donors (Lipinski definition) is 0. The minimum Gasteiger partial charge on any atom is -0.345 e. The SMILES string of the molecule is CC.CCc1cc(C(=O)N(C)C)cc2sc(C3=CCCN(C(C)=O)C3)nc12. The third kappa shape index (κ3) is 4.56. The topological polar surface area (TPSA) is 53.5 Å². The van der Waals surface area contributed by atoms with E-state index >= 15 is 0 Å². The van der Waals surface area contributed by atoms with Gasteiger partial charge in [-0.15, -0.1) is 11.3 Å². The molecule has 5 nitrogen and oxygen atoms in total. The van der Waals surface area contributed by atoms with Crippen molar-refractivity contribution in [1.29, 1.82) is 0 Å². The Kier molecular flexibility index (Phi) is 7.13. The fourth-order valence-corrected chi connectivity index (χ4v) is 4.14. The first-order valence-corrected chi connectivity index (χ1v) is 10.3. The van der Waals surface area contributed by atoms with Gasteiger partial charge in [0.25, 0.3) is 5.91 Å². The quantitative estimate of drug-likeness (QED) is 0.792. The third-order valence-electron chi connectivity index (χ3n) is 4.48. The number of thiazole rings is 1. The number of benzene rings is 1. The number of hydrogen-bond acceptors (Lipinski definition) is 4. The van der Waals surface area contributed by atoms with E-state index in [0.717, 1.165) is 45.7 Å². The van der Waals surface area contributed by atoms with Gasteiger partial charge in [-0.1, -0.05) is 26.8 Å². The molecule has 1 aromatic heterocycles. The van der Waals surface area contributed by atoms with Crippen LogP contribution in [0.3, 0.4) is 0 Å². The number of amides is 2. The van der Waals surface area contributed by atoms with Gasteiger partial charge >= 0.3 is 0 Å². The van der Waals surface area contributed by atoms with Crippen LogP contribution in [0.1, 0.15) is 55.0 Å². The highest BCUT2D eigenvalue weighted by atomic mass is 32.1. The van der Waals surface area contributed by atoms with Crippen LogP contribution in [0.2, 0.25) is 0 Å². The molecule has 1 aliphatic rings. The molecule has 0 fully saturated rings. The minimum atomic E-state index is 0.00573. The zero-order valence-corrected chi connectivity index (χ0v) is 17.9. The van der Waals surface area contributed by atoms with E-state index < -0.39 is 0 Å². The van der Waals surface area contributed by atoms with Gasteiger partial charge in [0, 0.05) is 45.2 Å². The molecule has 0 N–H and O–H groups in total. The van der Waals surface area contributed by atoms with Crippen molar-refractivity contribution >= 4 is 38.9 Å². The van der Waals surface area contributed by atoms with Crippen molar-refractivity contribution in [2.45, 2.75) is 40.5 Å². The summed E-state index contributed by atoms with van der Waals surface area (Å²) < 4.78 is 1.03. The molecule has 0 atom stereocenters. The van der Waals surface area contributed by atoms with Gasteiger partial charge in [-0.3, -0.25) is 9.59 Å². The van der Waals surface area contributed by atoms with Crippen LogP contribution in [0, 0.1) is 0 Å². The van der Waals surface area contributed by atoms with E-state index in [1.54, 1.807) is 37.3 Å². The summed E-state index contributed by atoms with van der Waals surface area (Å²) in [5, 5.41) is 0.949. The number of rotatable bonds is 3. The second-order valence-electron chi connectivity index (χ2n) is 6.51. The van der Waals surface area contributed by atoms with Gasteiger partial charge in [0.15, 0.2) is 0 Å². The molecule has 0 aliphatic carbocycles. The number of fused-ring (bicyclic) bond motifs is 1. The van der Waals surface area contributed by atoms with Crippen molar-refractivity contribution in [2.75, 3.05) is 27.2 Å². The molecular weight excluding hydrogens is 358 g/mol. The van der Waals surface area contributed by atoms with Crippen LogP contribution in [-0.4, -0.2) is 53.8 Å². The van der Waals surface area contributed by atoms with E-state index in [9.17, 15) is 9.59 Å². The second kappa shape index (κ2) is 9.13. The second-order valence-corrected chi connectivity index (χ2v) is 7.54. The van der Waals surface area contributed by atoms with Crippen molar-refractivity contribution in [2.24, 2.45) is 0 Å². The van der Waals surface area contributed by atoms with Crippen LogP contribution in [0.25, 0.3) is 15.8 Å². The van der Waals surface area contributed by atoms with E-state index in [4.69, 9.17) is 4.98 Å². The summed E-state index contributed by atoms with van der Waals surface area (Å²) in [4.78, 5) is 32.3. The Balaban J connectivity index is 0.00000126. The summed E-state index contributed by atoms with van der Waals surface area (Å²) in [6, 6.07) is 3.88. The van der Waals surface area contributed by atoms with E-state index in [0.29, 0.717) is 12.1 Å². The molecule has 1 aliphatic heterocycles. The van der Waals surface area contributed by atoms with Gasteiger partial charge in [-0.25, -0.2) is 4.98 Å². The summed E-state index contributed by atoms with van der Waals surface area (Å²) in [6.45, 7) is 9.07. The first kappa shape index (κ1) is 21.1. The van der Waals surface area contributed by atoms with Crippen LogP contribution in [0.5, 0.6) is 0 Å². The van der Waals surface area contributed by atoms with Gasteiger partial charge in [-0.2, -0.15) is 0 Å². The molecule has 27 heavy (non-hydrogen) atoms. The van der Waals surface area contributed by atoms with Crippen molar-refractivity contribution in [3.8, 4) is 0 Å². The molecule has 0 saturated heterocycles. The van der Waals surface area contributed by atoms with Gasteiger partial charge in [0.1, 0.15) is 5.01 Å². The smallest absolute Gasteiger partial charge is 0.253 e. The van der Waals surface area contributed by atoms with Crippen LogP contribution >= 0.6 is 11.3 Å². The lowest BCUT2D eigenvalue weighted by Gasteiger charge is -2.25. The number of aryl methyl sites for hydroxylation is 1. The van der Waals surface area contributed by atoms with Gasteiger partial charge in [0.05, 0.1) is 10.2 Å². The number of carbonyl (C=O) groups is 2. The van der Waals surface area contributed by atoms with Gasteiger partial charge in [0.2, 0.25) is 5.91 Å². The average molecular weight is 388 g/mol. The number of carbonyl (C=O) groups excluding carboxylic acids is 2. The zero-order chi connectivity index (χ0) is 20.1. The summed E-state index contributed by atoms with van der Waals surface area (Å²) in [5.74, 6) is 0.103. The monoisotopic (exact) mass is 387 g/mol. The number of nitrogens with zero attached hydrogens (tertiary/aromatic N) is 3. The van der Waals surface area contributed by atoms with E-state index in [1.165, 1.54) is 0 Å². The Hall–Kier alpha value is -2.21. The molecule has 3 rings (SSSR count). The zero-order valence-electron chi connectivity index (χ0n) is 17.1. The Bertz CT molecular complexity index is 868. The average Bonchev–Trinajstić information content (AvgIpc) is 3.12. The maximum Gasteiger partial charge on any atom is 0.253 e. The molecule has 0 bridgehead atoms. The molecule has 0 unspecified atom stereocenters. The lowest BCUT2D eigenvalue weighted by Crippen LogP contribution is -2.33. The molecule has 0 radical (unpaired) electrons. The standard InChI is InChI=1S/C19H23N3O2S.C2H6/c1-5-13-9-15(19(24)21(3)4)10-16-17(13)20-18(25-16)14-7-6-8-22(11-14)12(2)23;1-2/h7,9-10H,5-6,8,11H2,1-4H3;1-2H3. The van der Waals surface area contributed by atoms with Crippen LogP contribution in [0.4, 0.5) is 0 Å². The molecule has 1 aromatic carbocycles. The van der Waals surface area contributed by atoms with Gasteiger partial charge < -0.3 is 9.80 Å². The highest BCUT2D eigenvalue weighted by Gasteiger charge is 2.20. The molecule has 2 aromatic rings. The first-order chi connectivity index (χ1) is 12.9.